The van der Waals surface area contributed by atoms with Crippen LogP contribution in [0, 0.1) is 6.92 Å². The maximum Gasteiger partial charge on any atom is 0.374 e. The molecule has 0 saturated carbocycles. The van der Waals surface area contributed by atoms with Gasteiger partial charge in [-0.05, 0) is 31.5 Å². The topological polar surface area (TPSA) is 74.3 Å². The van der Waals surface area contributed by atoms with Gasteiger partial charge in [-0.15, -0.1) is 11.3 Å². The summed E-state index contributed by atoms with van der Waals surface area (Å²) in [7, 11) is 0. The van der Waals surface area contributed by atoms with Gasteiger partial charge in [-0.25, -0.2) is 9.78 Å². The lowest BCUT2D eigenvalue weighted by Gasteiger charge is -2.05. The van der Waals surface area contributed by atoms with Gasteiger partial charge in [0.1, 0.15) is 10.6 Å². The minimum Gasteiger partial charge on any atom is -0.460 e. The second-order valence-electron chi connectivity index (χ2n) is 6.36. The zero-order chi connectivity index (χ0) is 19.7. The molecule has 4 aromatic rings. The van der Waals surface area contributed by atoms with Gasteiger partial charge in [-0.3, -0.25) is 9.36 Å². The van der Waals surface area contributed by atoms with Gasteiger partial charge in [-0.1, -0.05) is 29.8 Å². The highest BCUT2D eigenvalue weighted by atomic mass is 32.1. The Kier molecular flexibility index (Phi) is 4.83. The number of carbonyl (C=O) groups excluding carboxylic acids is 1. The molecular formula is C21H18N2O4S. The van der Waals surface area contributed by atoms with Crippen molar-refractivity contribution < 1.29 is 13.9 Å². The minimum atomic E-state index is -0.519. The van der Waals surface area contributed by atoms with Gasteiger partial charge in [0.25, 0.3) is 5.56 Å². The predicted molar refractivity (Wildman–Crippen MR) is 108 cm³/mol. The number of hydrogen-bond acceptors (Lipinski definition) is 6. The summed E-state index contributed by atoms with van der Waals surface area (Å²) in [6.07, 6.45) is 1.51. The number of aryl methyl sites for hydroxylation is 1. The van der Waals surface area contributed by atoms with Crippen molar-refractivity contribution in [1.29, 1.82) is 0 Å². The molecule has 0 aliphatic carbocycles. The summed E-state index contributed by atoms with van der Waals surface area (Å²) in [6.45, 7) is 4.21. The summed E-state index contributed by atoms with van der Waals surface area (Å²) in [4.78, 5) is 30.0. The average Bonchev–Trinajstić information content (AvgIpc) is 3.32. The lowest BCUT2D eigenvalue weighted by atomic mass is 10.1. The van der Waals surface area contributed by atoms with Crippen LogP contribution < -0.4 is 5.56 Å². The SMILES string of the molecule is CCOC(=O)c1ccc(Cn2cnc3scc(-c4ccc(C)cc4)c3c2=O)o1. The van der Waals surface area contributed by atoms with Gasteiger partial charge >= 0.3 is 5.97 Å². The number of hydrogen-bond donors (Lipinski definition) is 0. The smallest absolute Gasteiger partial charge is 0.374 e. The number of aromatic nitrogens is 2. The van der Waals surface area contributed by atoms with E-state index < -0.39 is 5.97 Å². The third-order valence-corrected chi connectivity index (χ3v) is 5.27. The molecule has 0 saturated heterocycles. The predicted octanol–water partition coefficient (Wildman–Crippen LogP) is 4.25. The summed E-state index contributed by atoms with van der Waals surface area (Å²) < 4.78 is 11.9. The number of thiophene rings is 1. The molecule has 1 aromatic carbocycles. The van der Waals surface area contributed by atoms with Crippen LogP contribution in [0.3, 0.4) is 0 Å². The summed E-state index contributed by atoms with van der Waals surface area (Å²) in [5, 5.41) is 2.55. The first-order valence-corrected chi connectivity index (χ1v) is 9.74. The lowest BCUT2D eigenvalue weighted by Crippen LogP contribution is -2.20. The molecule has 0 unspecified atom stereocenters. The van der Waals surface area contributed by atoms with E-state index >= 15 is 0 Å². The molecule has 0 amide bonds. The Labute approximate surface area is 165 Å². The normalized spacial score (nSPS) is 11.1. The molecule has 0 aliphatic heterocycles. The first kappa shape index (κ1) is 18.2. The van der Waals surface area contributed by atoms with Crippen LogP contribution in [0.5, 0.6) is 0 Å². The maximum atomic E-state index is 13.1. The van der Waals surface area contributed by atoms with Gasteiger partial charge in [0.05, 0.1) is 24.9 Å². The summed E-state index contributed by atoms with van der Waals surface area (Å²) in [5.41, 5.74) is 2.87. The van der Waals surface area contributed by atoms with Crippen LogP contribution in [0.15, 0.2) is 57.3 Å². The second-order valence-corrected chi connectivity index (χ2v) is 7.22. The highest BCUT2D eigenvalue weighted by Crippen LogP contribution is 2.30. The highest BCUT2D eigenvalue weighted by Gasteiger charge is 2.16. The number of fused-ring (bicyclic) bond motifs is 1. The van der Waals surface area contributed by atoms with Crippen molar-refractivity contribution in [2.75, 3.05) is 6.61 Å². The molecule has 6 nitrogen and oxygen atoms in total. The van der Waals surface area contributed by atoms with Gasteiger partial charge in [0.15, 0.2) is 0 Å². The molecule has 0 N–H and O–H groups in total. The molecule has 142 valence electrons. The van der Waals surface area contributed by atoms with Crippen molar-refractivity contribution in [3.8, 4) is 11.1 Å². The van der Waals surface area contributed by atoms with Crippen LogP contribution >= 0.6 is 11.3 Å². The molecule has 0 bridgehead atoms. The fourth-order valence-corrected chi connectivity index (χ4v) is 3.87. The van der Waals surface area contributed by atoms with Crippen LogP contribution in [-0.4, -0.2) is 22.1 Å². The summed E-state index contributed by atoms with van der Waals surface area (Å²) in [6, 6.07) is 11.3. The van der Waals surface area contributed by atoms with E-state index in [2.05, 4.69) is 4.98 Å². The average molecular weight is 394 g/mol. The van der Waals surface area contributed by atoms with Gasteiger partial charge in [0, 0.05) is 10.9 Å². The maximum absolute atomic E-state index is 13.1. The Bertz CT molecular complexity index is 1200. The largest absolute Gasteiger partial charge is 0.460 e. The van der Waals surface area contributed by atoms with Crippen molar-refractivity contribution in [3.05, 3.63) is 75.5 Å². The van der Waals surface area contributed by atoms with E-state index in [4.69, 9.17) is 9.15 Å². The highest BCUT2D eigenvalue weighted by molar-refractivity contribution is 7.17. The monoisotopic (exact) mass is 394 g/mol. The third-order valence-electron chi connectivity index (χ3n) is 4.39. The zero-order valence-electron chi connectivity index (χ0n) is 15.5. The van der Waals surface area contributed by atoms with E-state index in [1.54, 1.807) is 19.1 Å². The number of ether oxygens (including phenoxy) is 1. The molecule has 0 aliphatic rings. The number of nitrogens with zero attached hydrogens (tertiary/aromatic N) is 2. The third kappa shape index (κ3) is 3.36. The minimum absolute atomic E-state index is 0.120. The van der Waals surface area contributed by atoms with Gasteiger partial charge in [-0.2, -0.15) is 0 Å². The quantitative estimate of drug-likeness (QED) is 0.473. The second kappa shape index (κ2) is 7.44. The molecule has 4 rings (SSSR count). The molecule has 0 fully saturated rings. The molecule has 28 heavy (non-hydrogen) atoms. The van der Waals surface area contributed by atoms with Crippen LogP contribution in [-0.2, 0) is 11.3 Å². The van der Waals surface area contributed by atoms with E-state index in [-0.39, 0.29) is 24.5 Å². The van der Waals surface area contributed by atoms with E-state index in [1.807, 2.05) is 36.6 Å². The van der Waals surface area contributed by atoms with Crippen molar-refractivity contribution in [3.63, 3.8) is 0 Å². The van der Waals surface area contributed by atoms with E-state index in [0.717, 1.165) is 16.7 Å². The number of rotatable bonds is 5. The fourth-order valence-electron chi connectivity index (χ4n) is 2.97. The van der Waals surface area contributed by atoms with Crippen molar-refractivity contribution in [2.45, 2.75) is 20.4 Å². The Morgan fingerprint density at radius 3 is 2.75 bits per heavy atom. The van der Waals surface area contributed by atoms with Crippen LogP contribution in [0.1, 0.15) is 28.8 Å². The van der Waals surface area contributed by atoms with E-state index in [9.17, 15) is 9.59 Å². The fraction of sp³-hybridized carbons (Fsp3) is 0.190. The van der Waals surface area contributed by atoms with Crippen molar-refractivity contribution in [2.24, 2.45) is 0 Å². The number of esters is 1. The Morgan fingerprint density at radius 1 is 1.21 bits per heavy atom. The van der Waals surface area contributed by atoms with E-state index in [1.165, 1.54) is 22.2 Å². The van der Waals surface area contributed by atoms with Gasteiger partial charge < -0.3 is 9.15 Å². The van der Waals surface area contributed by atoms with E-state index in [0.29, 0.717) is 16.0 Å². The van der Waals surface area contributed by atoms with Crippen LogP contribution in [0.4, 0.5) is 0 Å². The first-order chi connectivity index (χ1) is 13.6. The number of furan rings is 1. The molecule has 3 aromatic heterocycles. The van der Waals surface area contributed by atoms with Crippen LogP contribution in [0.25, 0.3) is 21.3 Å². The molecular weight excluding hydrogens is 376 g/mol. The molecule has 0 atom stereocenters. The standard InChI is InChI=1S/C21H18N2O4S/c1-3-26-21(25)17-9-8-15(27-17)10-23-12-22-19-18(20(23)24)16(11-28-19)14-6-4-13(2)5-7-14/h4-9,11-12H,3,10H2,1-2H3. The number of benzene rings is 1. The molecule has 7 heteroatoms. The zero-order valence-corrected chi connectivity index (χ0v) is 16.3. The first-order valence-electron chi connectivity index (χ1n) is 8.86. The summed E-state index contributed by atoms with van der Waals surface area (Å²) in [5.74, 6) is 0.0856. The molecule has 0 radical (unpaired) electrons. The molecule has 0 spiro atoms. The van der Waals surface area contributed by atoms with Gasteiger partial charge in [0.2, 0.25) is 5.76 Å². The Hall–Kier alpha value is -3.19. The Morgan fingerprint density at radius 2 is 2.00 bits per heavy atom. The summed E-state index contributed by atoms with van der Waals surface area (Å²) >= 11 is 1.45. The van der Waals surface area contributed by atoms with Crippen molar-refractivity contribution >= 4 is 27.5 Å². The Balaban J connectivity index is 1.70. The molecule has 3 heterocycles. The number of carbonyl (C=O) groups is 1. The lowest BCUT2D eigenvalue weighted by molar-refractivity contribution is 0.0488. The van der Waals surface area contributed by atoms with Crippen molar-refractivity contribution in [1.82, 2.24) is 9.55 Å². The van der Waals surface area contributed by atoms with Crippen LogP contribution in [0.2, 0.25) is 0 Å².